The minimum atomic E-state index is 1.14. The Labute approximate surface area is 294 Å². The van der Waals surface area contributed by atoms with Crippen molar-refractivity contribution in [1.29, 1.82) is 0 Å². The third kappa shape index (κ3) is 4.00. The Balaban J connectivity index is 1.24. The van der Waals surface area contributed by atoms with Gasteiger partial charge in [0.2, 0.25) is 0 Å². The zero-order valence-electron chi connectivity index (χ0n) is 27.7. The zero-order valence-corrected chi connectivity index (χ0v) is 27.7. The first-order valence-corrected chi connectivity index (χ1v) is 17.5. The topological polar surface area (TPSA) is 14.8 Å². The lowest BCUT2D eigenvalue weighted by Gasteiger charge is -2.15. The van der Waals surface area contributed by atoms with E-state index in [9.17, 15) is 0 Å². The molecule has 0 atom stereocenters. The van der Waals surface area contributed by atoms with E-state index >= 15 is 0 Å². The van der Waals surface area contributed by atoms with Crippen LogP contribution in [0.2, 0.25) is 0 Å². The molecule has 0 spiro atoms. The maximum Gasteiger partial charge on any atom is 0.0782 e. The second kappa shape index (κ2) is 10.8. The Hall–Kier alpha value is -6.84. The fraction of sp³-hybridized carbons (Fsp3) is 0. The summed E-state index contributed by atoms with van der Waals surface area (Å²) in [5.74, 6) is 0. The molecule has 0 aliphatic heterocycles. The molecule has 51 heavy (non-hydrogen) atoms. The van der Waals surface area contributed by atoms with Crippen molar-refractivity contribution < 1.29 is 0 Å². The highest BCUT2D eigenvalue weighted by molar-refractivity contribution is 6.18. The highest BCUT2D eigenvalue weighted by atomic mass is 15.1. The van der Waals surface area contributed by atoms with E-state index in [4.69, 9.17) is 0 Å². The van der Waals surface area contributed by atoms with Gasteiger partial charge in [0.1, 0.15) is 0 Å². The summed E-state index contributed by atoms with van der Waals surface area (Å²) in [6, 6.07) is 68.4. The third-order valence-corrected chi connectivity index (χ3v) is 10.6. The number of nitrogens with zero attached hydrogens (tertiary/aromatic N) is 3. The molecular weight excluding hydrogens is 619 g/mol. The molecule has 0 saturated carbocycles. The van der Waals surface area contributed by atoms with Crippen LogP contribution in [0.5, 0.6) is 0 Å². The first kappa shape index (κ1) is 28.0. The van der Waals surface area contributed by atoms with Gasteiger partial charge in [0.05, 0.1) is 44.5 Å². The number of rotatable bonds is 4. The van der Waals surface area contributed by atoms with Crippen LogP contribution in [0, 0.1) is 0 Å². The van der Waals surface area contributed by atoms with E-state index < -0.39 is 0 Å². The van der Waals surface area contributed by atoms with Gasteiger partial charge >= 0.3 is 0 Å². The fourth-order valence-electron chi connectivity index (χ4n) is 8.51. The Kier molecular flexibility index (Phi) is 5.96. The molecular formula is C48H31N3. The SMILES string of the molecule is c1ccc(-c2ccc(-n3c4ccccc4c4c(-n5c6ccccc6c6cccc(-n7c8ccccc8c8ccccc87)c65)cccc43)cc2)cc1. The number of hydrogen-bond donors (Lipinski definition) is 0. The summed E-state index contributed by atoms with van der Waals surface area (Å²) in [6.45, 7) is 0. The molecule has 11 rings (SSSR count). The van der Waals surface area contributed by atoms with Crippen molar-refractivity contribution in [2.24, 2.45) is 0 Å². The number of para-hydroxylation sites is 5. The largest absolute Gasteiger partial charge is 0.309 e. The van der Waals surface area contributed by atoms with Crippen LogP contribution in [0.3, 0.4) is 0 Å². The Bertz CT molecular complexity index is 3070. The van der Waals surface area contributed by atoms with Crippen molar-refractivity contribution in [1.82, 2.24) is 13.7 Å². The summed E-state index contributed by atoms with van der Waals surface area (Å²) in [5, 5.41) is 7.47. The molecule has 0 bridgehead atoms. The predicted molar refractivity (Wildman–Crippen MR) is 215 cm³/mol. The molecule has 0 N–H and O–H groups in total. The second-order valence-electron chi connectivity index (χ2n) is 13.3. The minimum Gasteiger partial charge on any atom is -0.309 e. The van der Waals surface area contributed by atoms with Crippen LogP contribution >= 0.6 is 0 Å². The Morgan fingerprint density at radius 1 is 0.255 bits per heavy atom. The normalized spacial score (nSPS) is 11.9. The summed E-state index contributed by atoms with van der Waals surface area (Å²) in [5.41, 5.74) is 13.1. The number of fused-ring (bicyclic) bond motifs is 9. The average Bonchev–Trinajstić information content (AvgIpc) is 3.84. The molecule has 3 nitrogen and oxygen atoms in total. The maximum atomic E-state index is 2.52. The van der Waals surface area contributed by atoms with Gasteiger partial charge in [-0.05, 0) is 65.7 Å². The lowest BCUT2D eigenvalue weighted by molar-refractivity contribution is 1.14. The summed E-state index contributed by atoms with van der Waals surface area (Å²) in [6.07, 6.45) is 0. The van der Waals surface area contributed by atoms with Crippen LogP contribution < -0.4 is 0 Å². The highest BCUT2D eigenvalue weighted by Crippen LogP contribution is 2.43. The number of hydrogen-bond acceptors (Lipinski definition) is 0. The highest BCUT2D eigenvalue weighted by Gasteiger charge is 2.22. The first-order valence-electron chi connectivity index (χ1n) is 17.5. The molecule has 3 heterocycles. The minimum absolute atomic E-state index is 1.14. The van der Waals surface area contributed by atoms with E-state index in [1.54, 1.807) is 0 Å². The van der Waals surface area contributed by atoms with Gasteiger partial charge in [-0.2, -0.15) is 0 Å². The molecule has 238 valence electrons. The maximum absolute atomic E-state index is 2.52. The van der Waals surface area contributed by atoms with E-state index in [-0.39, 0.29) is 0 Å². The third-order valence-electron chi connectivity index (χ3n) is 10.6. The van der Waals surface area contributed by atoms with Gasteiger partial charge in [0.25, 0.3) is 0 Å². The molecule has 0 unspecified atom stereocenters. The molecule has 3 aromatic heterocycles. The summed E-state index contributed by atoms with van der Waals surface area (Å²) >= 11 is 0. The van der Waals surface area contributed by atoms with Crippen LogP contribution in [-0.2, 0) is 0 Å². The average molecular weight is 650 g/mol. The van der Waals surface area contributed by atoms with Gasteiger partial charge in [0.15, 0.2) is 0 Å². The van der Waals surface area contributed by atoms with Gasteiger partial charge in [-0.3, -0.25) is 0 Å². The fourth-order valence-corrected chi connectivity index (χ4v) is 8.51. The zero-order chi connectivity index (χ0) is 33.5. The summed E-state index contributed by atoms with van der Waals surface area (Å²) in [7, 11) is 0. The van der Waals surface area contributed by atoms with Gasteiger partial charge in [-0.1, -0.05) is 133 Å². The standard InChI is InChI=1S/C48H31N3/c1-2-14-32(15-3-1)33-28-30-34(31-29-33)49-43-24-11-7-19-39(43)47-44(49)25-13-26-45(47)51-42-23-10-6-18-37(42)38-20-12-27-46(48(38)51)50-40-21-8-4-16-35(40)36-17-5-9-22-41(36)50/h1-31H. The van der Waals surface area contributed by atoms with Gasteiger partial charge in [-0.25, -0.2) is 0 Å². The lowest BCUT2D eigenvalue weighted by atomic mass is 10.1. The molecule has 0 aliphatic carbocycles. The van der Waals surface area contributed by atoms with Crippen LogP contribution in [-0.4, -0.2) is 13.7 Å². The van der Waals surface area contributed by atoms with E-state index in [2.05, 4.69) is 202 Å². The molecule has 0 fully saturated rings. The lowest BCUT2D eigenvalue weighted by Crippen LogP contribution is -2.01. The smallest absolute Gasteiger partial charge is 0.0782 e. The van der Waals surface area contributed by atoms with Crippen LogP contribution in [0.4, 0.5) is 0 Å². The van der Waals surface area contributed by atoms with Crippen molar-refractivity contribution in [3.63, 3.8) is 0 Å². The van der Waals surface area contributed by atoms with Crippen molar-refractivity contribution >= 4 is 65.4 Å². The summed E-state index contributed by atoms with van der Waals surface area (Å²) < 4.78 is 7.39. The second-order valence-corrected chi connectivity index (χ2v) is 13.3. The van der Waals surface area contributed by atoms with Crippen LogP contribution in [0.1, 0.15) is 0 Å². The quantitative estimate of drug-likeness (QED) is 0.180. The molecule has 3 heteroatoms. The molecule has 11 aromatic rings. The molecule has 0 aliphatic rings. The molecule has 0 radical (unpaired) electrons. The van der Waals surface area contributed by atoms with Crippen molar-refractivity contribution in [2.45, 2.75) is 0 Å². The Morgan fingerprint density at radius 2 is 0.706 bits per heavy atom. The van der Waals surface area contributed by atoms with Crippen molar-refractivity contribution in [3.05, 3.63) is 188 Å². The van der Waals surface area contributed by atoms with Crippen LogP contribution in [0.15, 0.2) is 188 Å². The van der Waals surface area contributed by atoms with Crippen molar-refractivity contribution in [2.75, 3.05) is 0 Å². The number of aromatic nitrogens is 3. The van der Waals surface area contributed by atoms with Crippen LogP contribution in [0.25, 0.3) is 93.6 Å². The number of benzene rings is 8. The van der Waals surface area contributed by atoms with E-state index in [1.807, 2.05) is 0 Å². The van der Waals surface area contributed by atoms with Gasteiger partial charge in [-0.15, -0.1) is 0 Å². The first-order chi connectivity index (χ1) is 25.3. The molecule has 8 aromatic carbocycles. The predicted octanol–water partition coefficient (Wildman–Crippen LogP) is 12.6. The monoisotopic (exact) mass is 649 g/mol. The summed E-state index contributed by atoms with van der Waals surface area (Å²) in [4.78, 5) is 0. The van der Waals surface area contributed by atoms with Gasteiger partial charge in [0, 0.05) is 38.0 Å². The van der Waals surface area contributed by atoms with E-state index in [0.29, 0.717) is 0 Å². The molecule has 0 saturated heterocycles. The van der Waals surface area contributed by atoms with E-state index in [1.165, 1.54) is 87.9 Å². The van der Waals surface area contributed by atoms with E-state index in [0.717, 1.165) is 5.69 Å². The molecule has 0 amide bonds. The van der Waals surface area contributed by atoms with Crippen molar-refractivity contribution in [3.8, 4) is 28.2 Å². The van der Waals surface area contributed by atoms with Gasteiger partial charge < -0.3 is 13.7 Å². The Morgan fingerprint density at radius 3 is 1.37 bits per heavy atom.